The van der Waals surface area contributed by atoms with Crippen LogP contribution in [0.3, 0.4) is 0 Å². The molecule has 4 nitrogen and oxygen atoms in total. The molecule has 0 fully saturated rings. The predicted molar refractivity (Wildman–Crippen MR) is 94.3 cm³/mol. The third-order valence-electron chi connectivity index (χ3n) is 3.09. The van der Waals surface area contributed by atoms with E-state index in [1.807, 2.05) is 65.6 Å². The molecule has 2 rings (SSSR count). The zero-order valence-corrected chi connectivity index (χ0v) is 13.3. The van der Waals surface area contributed by atoms with Crippen LogP contribution in [0.2, 0.25) is 0 Å². The fraction of sp³-hybridized carbons (Fsp3) is 0.235. The summed E-state index contributed by atoms with van der Waals surface area (Å²) in [6.07, 6.45) is -0.624. The number of para-hydroxylation sites is 2. The van der Waals surface area contributed by atoms with Crippen molar-refractivity contribution in [2.75, 3.05) is 30.5 Å². The highest BCUT2D eigenvalue weighted by molar-refractivity contribution is 7.80. The lowest BCUT2D eigenvalue weighted by Gasteiger charge is -2.28. The zero-order valence-electron chi connectivity index (χ0n) is 12.5. The number of aliphatic hydroxyl groups is 1. The van der Waals surface area contributed by atoms with Crippen molar-refractivity contribution in [3.05, 3.63) is 60.7 Å². The fourth-order valence-corrected chi connectivity index (χ4v) is 2.38. The quantitative estimate of drug-likeness (QED) is 0.802. The molecule has 0 radical (unpaired) electrons. The summed E-state index contributed by atoms with van der Waals surface area (Å²) in [5.74, 6) is 0. The van der Waals surface area contributed by atoms with Crippen LogP contribution in [0.4, 0.5) is 11.4 Å². The van der Waals surface area contributed by atoms with Crippen LogP contribution in [-0.4, -0.2) is 36.6 Å². The molecule has 2 aromatic carbocycles. The van der Waals surface area contributed by atoms with Crippen molar-refractivity contribution in [1.29, 1.82) is 0 Å². The molecule has 0 bridgehead atoms. The van der Waals surface area contributed by atoms with E-state index in [1.54, 1.807) is 7.11 Å². The molecule has 0 aliphatic rings. The van der Waals surface area contributed by atoms with Gasteiger partial charge in [0, 0.05) is 18.5 Å². The third kappa shape index (κ3) is 4.80. The summed E-state index contributed by atoms with van der Waals surface area (Å²) >= 11 is 5.50. The van der Waals surface area contributed by atoms with E-state index >= 15 is 0 Å². The number of hydrogen-bond donors (Lipinski definition) is 2. The lowest BCUT2D eigenvalue weighted by atomic mass is 10.2. The molecular formula is C17H20N2O2S. The summed E-state index contributed by atoms with van der Waals surface area (Å²) in [4.78, 5) is 1.87. The standard InChI is InChI=1S/C17H20N2O2S/c1-21-13-16(20)12-19(15-10-6-3-7-11-15)17(22)18-14-8-4-2-5-9-14/h2-11,16,20H,12-13H2,1H3,(H,18,22). The zero-order chi connectivity index (χ0) is 15.8. The molecule has 1 atom stereocenters. The Morgan fingerprint density at radius 3 is 2.32 bits per heavy atom. The first kappa shape index (κ1) is 16.4. The number of anilines is 2. The van der Waals surface area contributed by atoms with Crippen molar-refractivity contribution in [3.63, 3.8) is 0 Å². The number of methoxy groups -OCH3 is 1. The van der Waals surface area contributed by atoms with Crippen molar-refractivity contribution >= 4 is 28.7 Å². The lowest BCUT2D eigenvalue weighted by Crippen LogP contribution is -2.41. The van der Waals surface area contributed by atoms with E-state index in [1.165, 1.54) is 0 Å². The highest BCUT2D eigenvalue weighted by atomic mass is 32.1. The van der Waals surface area contributed by atoms with Gasteiger partial charge in [0.15, 0.2) is 5.11 Å². The van der Waals surface area contributed by atoms with Gasteiger partial charge in [-0.2, -0.15) is 0 Å². The Hall–Kier alpha value is -1.95. The van der Waals surface area contributed by atoms with E-state index in [2.05, 4.69) is 5.32 Å². The predicted octanol–water partition coefficient (Wildman–Crippen LogP) is 2.90. The molecule has 116 valence electrons. The molecule has 1 unspecified atom stereocenters. The normalized spacial score (nSPS) is 11.7. The molecule has 0 saturated carbocycles. The van der Waals surface area contributed by atoms with Gasteiger partial charge in [0.2, 0.25) is 0 Å². The molecule has 0 aliphatic heterocycles. The minimum atomic E-state index is -0.624. The van der Waals surface area contributed by atoms with Gasteiger partial charge < -0.3 is 20.1 Å². The number of thiocarbonyl (C=S) groups is 1. The summed E-state index contributed by atoms with van der Waals surface area (Å²) in [6, 6.07) is 19.5. The average molecular weight is 316 g/mol. The second kappa shape index (κ2) is 8.48. The lowest BCUT2D eigenvalue weighted by molar-refractivity contribution is 0.0706. The number of ether oxygens (including phenoxy) is 1. The Morgan fingerprint density at radius 2 is 1.73 bits per heavy atom. The first-order valence-corrected chi connectivity index (χ1v) is 7.47. The van der Waals surface area contributed by atoms with E-state index in [0.717, 1.165) is 11.4 Å². The molecule has 0 saturated heterocycles. The van der Waals surface area contributed by atoms with Crippen molar-refractivity contribution in [2.45, 2.75) is 6.10 Å². The molecule has 0 heterocycles. The van der Waals surface area contributed by atoms with Crippen LogP contribution in [0.15, 0.2) is 60.7 Å². The molecule has 0 aliphatic carbocycles. The second-order valence-electron chi connectivity index (χ2n) is 4.85. The highest BCUT2D eigenvalue weighted by Crippen LogP contribution is 2.16. The Labute approximate surface area is 136 Å². The van der Waals surface area contributed by atoms with E-state index in [0.29, 0.717) is 11.7 Å². The summed E-state index contributed by atoms with van der Waals surface area (Å²) < 4.78 is 5.00. The SMILES string of the molecule is COCC(O)CN(C(=S)Nc1ccccc1)c1ccccc1. The topological polar surface area (TPSA) is 44.7 Å². The Balaban J connectivity index is 2.14. The van der Waals surface area contributed by atoms with Crippen LogP contribution < -0.4 is 10.2 Å². The van der Waals surface area contributed by atoms with Gasteiger partial charge in [0.1, 0.15) is 0 Å². The van der Waals surface area contributed by atoms with Gasteiger partial charge in [0.25, 0.3) is 0 Å². The van der Waals surface area contributed by atoms with E-state index in [9.17, 15) is 5.11 Å². The second-order valence-corrected chi connectivity index (χ2v) is 5.24. The number of rotatable bonds is 6. The van der Waals surface area contributed by atoms with Crippen LogP contribution in [0.5, 0.6) is 0 Å². The largest absolute Gasteiger partial charge is 0.389 e. The van der Waals surface area contributed by atoms with E-state index in [4.69, 9.17) is 17.0 Å². The third-order valence-corrected chi connectivity index (χ3v) is 3.41. The summed E-state index contributed by atoms with van der Waals surface area (Å²) in [5.41, 5.74) is 1.83. The van der Waals surface area contributed by atoms with Crippen LogP contribution in [-0.2, 0) is 4.74 Å². The van der Waals surface area contributed by atoms with Crippen LogP contribution in [0.1, 0.15) is 0 Å². The molecule has 2 aromatic rings. The number of aliphatic hydroxyl groups excluding tert-OH is 1. The minimum Gasteiger partial charge on any atom is -0.389 e. The summed E-state index contributed by atoms with van der Waals surface area (Å²) in [6.45, 7) is 0.619. The van der Waals surface area contributed by atoms with Crippen LogP contribution >= 0.6 is 12.2 Å². The van der Waals surface area contributed by atoms with Gasteiger partial charge in [-0.1, -0.05) is 36.4 Å². The Kier molecular flexibility index (Phi) is 6.33. The molecular weight excluding hydrogens is 296 g/mol. The van der Waals surface area contributed by atoms with Crippen molar-refractivity contribution in [3.8, 4) is 0 Å². The minimum absolute atomic E-state index is 0.261. The maximum Gasteiger partial charge on any atom is 0.178 e. The average Bonchev–Trinajstić information content (AvgIpc) is 2.54. The maximum atomic E-state index is 10.0. The van der Waals surface area contributed by atoms with Gasteiger partial charge in [-0.3, -0.25) is 0 Å². The monoisotopic (exact) mass is 316 g/mol. The summed E-state index contributed by atoms with van der Waals surface area (Å²) in [5, 5.41) is 13.8. The van der Waals surface area contributed by atoms with Crippen LogP contribution in [0.25, 0.3) is 0 Å². The highest BCUT2D eigenvalue weighted by Gasteiger charge is 2.16. The fourth-order valence-electron chi connectivity index (χ4n) is 2.08. The maximum absolute atomic E-state index is 10.0. The van der Waals surface area contributed by atoms with E-state index < -0.39 is 6.10 Å². The molecule has 0 amide bonds. The van der Waals surface area contributed by atoms with Crippen molar-refractivity contribution < 1.29 is 9.84 Å². The van der Waals surface area contributed by atoms with Gasteiger partial charge in [-0.05, 0) is 36.5 Å². The van der Waals surface area contributed by atoms with Gasteiger partial charge in [-0.15, -0.1) is 0 Å². The van der Waals surface area contributed by atoms with Crippen molar-refractivity contribution in [1.82, 2.24) is 0 Å². The Morgan fingerprint density at radius 1 is 1.14 bits per heavy atom. The Bertz CT molecular complexity index is 578. The number of nitrogens with one attached hydrogen (secondary N) is 1. The molecule has 0 spiro atoms. The van der Waals surface area contributed by atoms with Crippen molar-refractivity contribution in [2.24, 2.45) is 0 Å². The number of benzene rings is 2. The molecule has 0 aromatic heterocycles. The smallest absolute Gasteiger partial charge is 0.178 e. The first-order valence-electron chi connectivity index (χ1n) is 7.06. The number of hydrogen-bond acceptors (Lipinski definition) is 3. The number of nitrogens with zero attached hydrogens (tertiary/aromatic N) is 1. The molecule has 2 N–H and O–H groups in total. The first-order chi connectivity index (χ1) is 10.7. The van der Waals surface area contributed by atoms with Crippen LogP contribution in [0, 0.1) is 0 Å². The summed E-state index contributed by atoms with van der Waals surface area (Å²) in [7, 11) is 1.57. The van der Waals surface area contributed by atoms with Gasteiger partial charge in [-0.25, -0.2) is 0 Å². The van der Waals surface area contributed by atoms with Gasteiger partial charge >= 0.3 is 0 Å². The van der Waals surface area contributed by atoms with Gasteiger partial charge in [0.05, 0.1) is 19.3 Å². The molecule has 5 heteroatoms. The molecule has 22 heavy (non-hydrogen) atoms. The van der Waals surface area contributed by atoms with E-state index in [-0.39, 0.29) is 6.61 Å².